The number of Topliss-reactive ketones (excluding diaryl/α,β-unsaturated/α-hetero) is 1. The molecular weight excluding hydrogens is 580 g/mol. The van der Waals surface area contributed by atoms with Gasteiger partial charge < -0.3 is 44.9 Å². The number of allylic oxidation sites excluding steroid dienone is 3. The van der Waals surface area contributed by atoms with Crippen LogP contribution in [0, 0.1) is 28.6 Å². The van der Waals surface area contributed by atoms with Crippen LogP contribution < -0.4 is 11.1 Å². The Balaban J connectivity index is 1.62. The Morgan fingerprint density at radius 3 is 2.52 bits per heavy atom. The highest BCUT2D eigenvalue weighted by Gasteiger charge is 2.85. The fourth-order valence-electron chi connectivity index (χ4n) is 8.84. The summed E-state index contributed by atoms with van der Waals surface area (Å²) in [5.74, 6) is -6.45. The van der Waals surface area contributed by atoms with Gasteiger partial charge in [-0.2, -0.15) is 0 Å². The fourth-order valence-corrected chi connectivity index (χ4v) is 8.84. The van der Waals surface area contributed by atoms with Gasteiger partial charge in [-0.05, 0) is 44.1 Å². The molecule has 2 bridgehead atoms. The second-order valence-electron chi connectivity index (χ2n) is 12.9. The van der Waals surface area contributed by atoms with Gasteiger partial charge >= 0.3 is 17.9 Å². The molecule has 0 unspecified atom stereocenters. The van der Waals surface area contributed by atoms with Crippen molar-refractivity contribution < 1.29 is 57.9 Å². The predicted octanol–water partition coefficient (Wildman–Crippen LogP) is -0.949. The molecule has 5 rings (SSSR count). The number of esters is 3. The van der Waals surface area contributed by atoms with Crippen molar-refractivity contribution in [1.82, 2.24) is 5.32 Å². The molecule has 14 nitrogen and oxygen atoms in total. The lowest BCUT2D eigenvalue weighted by atomic mass is 9.38. The molecule has 3 aliphatic carbocycles. The van der Waals surface area contributed by atoms with Crippen molar-refractivity contribution in [3.05, 3.63) is 23.0 Å². The predicted molar refractivity (Wildman–Crippen MR) is 148 cm³/mol. The highest BCUT2D eigenvalue weighted by Crippen LogP contribution is 2.72. The summed E-state index contributed by atoms with van der Waals surface area (Å²) >= 11 is 0. The van der Waals surface area contributed by atoms with Gasteiger partial charge in [0, 0.05) is 36.9 Å². The van der Waals surface area contributed by atoms with E-state index in [1.54, 1.807) is 27.7 Å². The number of hydrogen-bond donors (Lipinski definition) is 4. The van der Waals surface area contributed by atoms with Gasteiger partial charge in [0.1, 0.15) is 12.2 Å². The number of methoxy groups -OCH3 is 1. The third-order valence-electron chi connectivity index (χ3n) is 10.3. The Kier molecular flexibility index (Phi) is 8.19. The van der Waals surface area contributed by atoms with Crippen LogP contribution in [0.5, 0.6) is 0 Å². The van der Waals surface area contributed by atoms with Gasteiger partial charge in [-0.15, -0.1) is 0 Å². The second kappa shape index (κ2) is 11.2. The summed E-state index contributed by atoms with van der Waals surface area (Å²) in [6.45, 7) is 6.64. The average Bonchev–Trinajstić information content (AvgIpc) is 3.26. The van der Waals surface area contributed by atoms with Gasteiger partial charge in [0.2, 0.25) is 11.7 Å². The first-order valence-electron chi connectivity index (χ1n) is 14.7. The highest BCUT2D eigenvalue weighted by atomic mass is 16.6. The third kappa shape index (κ3) is 4.40. The molecule has 1 spiro atoms. The van der Waals surface area contributed by atoms with Crippen LogP contribution in [0.1, 0.15) is 40.5 Å². The van der Waals surface area contributed by atoms with Gasteiger partial charge in [-0.3, -0.25) is 9.59 Å². The van der Waals surface area contributed by atoms with E-state index in [1.165, 1.54) is 6.08 Å². The summed E-state index contributed by atoms with van der Waals surface area (Å²) in [4.78, 5) is 65.7. The molecule has 14 heteroatoms. The smallest absolute Gasteiger partial charge is 0.348 e. The van der Waals surface area contributed by atoms with Crippen molar-refractivity contribution in [1.29, 1.82) is 0 Å². The van der Waals surface area contributed by atoms with E-state index < -0.39 is 94.8 Å². The molecule has 0 aromatic heterocycles. The molecule has 1 amide bonds. The standard InChI is InChI=1S/C30H40N2O12/c1-13(2)8-19(35)44-22-24-29-12-42-30(24,27(39)40-5)25(37)20(36)23(29)28(4)10-16(33)21(41-11-18(34)32-7-6-31)14(3)15(28)9-17(29)43-26(22)38/h8,15,17,20,22-25,36-37H,6-7,9-12,31H2,1-5H3,(H,32,34)/t15-,17+,20+,22+,23+,24+,25-,28-,29+,30-/m0/s1. The van der Waals surface area contributed by atoms with E-state index in [1.807, 2.05) is 0 Å². The Morgan fingerprint density at radius 2 is 1.89 bits per heavy atom. The van der Waals surface area contributed by atoms with Crippen molar-refractivity contribution in [2.75, 3.05) is 33.4 Å². The number of ketones is 1. The van der Waals surface area contributed by atoms with Crippen LogP contribution in [0.4, 0.5) is 0 Å². The number of nitrogens with one attached hydrogen (secondary N) is 1. The first-order chi connectivity index (χ1) is 20.7. The molecule has 0 aromatic carbocycles. The van der Waals surface area contributed by atoms with Crippen LogP contribution >= 0.6 is 0 Å². The third-order valence-corrected chi connectivity index (χ3v) is 10.3. The molecule has 242 valence electrons. The zero-order chi connectivity index (χ0) is 32.4. The number of nitrogens with two attached hydrogens (primary N) is 1. The van der Waals surface area contributed by atoms with E-state index in [0.29, 0.717) is 11.1 Å². The Hall–Kier alpha value is -3.33. The zero-order valence-electron chi connectivity index (χ0n) is 25.4. The number of aliphatic hydroxyl groups is 2. The summed E-state index contributed by atoms with van der Waals surface area (Å²) in [6, 6.07) is 0. The second-order valence-corrected chi connectivity index (χ2v) is 12.9. The number of carbonyl (C=O) groups excluding carboxylic acids is 5. The number of aliphatic hydroxyl groups excluding tert-OH is 2. The fraction of sp³-hybridized carbons (Fsp3) is 0.700. The van der Waals surface area contributed by atoms with Gasteiger partial charge in [-0.25, -0.2) is 14.4 Å². The van der Waals surface area contributed by atoms with Crippen molar-refractivity contribution in [2.45, 2.75) is 70.6 Å². The summed E-state index contributed by atoms with van der Waals surface area (Å²) in [5, 5.41) is 26.1. The van der Waals surface area contributed by atoms with Crippen LogP contribution in [0.3, 0.4) is 0 Å². The van der Waals surface area contributed by atoms with Crippen molar-refractivity contribution in [2.24, 2.45) is 34.3 Å². The molecule has 0 aromatic rings. The topological polar surface area (TPSA) is 210 Å². The highest BCUT2D eigenvalue weighted by molar-refractivity contribution is 5.96. The number of rotatable bonds is 8. The normalized spacial score (nSPS) is 40.2. The summed E-state index contributed by atoms with van der Waals surface area (Å²) in [5.41, 5.74) is 1.87. The SMILES string of the molecule is COC(=O)[C@@]12OC[C@]34[C@H]([C@@H](O)[C@@H]1O)[C@@]1(C)CC(=O)C(OCC(=O)NCCN)=C(C)[C@@H]1C[C@H]3OC(=O)[C@H](OC(=O)C=C(C)C)[C@@H]24. The van der Waals surface area contributed by atoms with E-state index in [9.17, 15) is 34.2 Å². The van der Waals surface area contributed by atoms with Gasteiger partial charge in [-0.1, -0.05) is 12.5 Å². The van der Waals surface area contributed by atoms with E-state index in [0.717, 1.165) is 7.11 Å². The van der Waals surface area contributed by atoms with E-state index in [-0.39, 0.29) is 38.3 Å². The Bertz CT molecular complexity index is 1340. The number of carbonyl (C=O) groups is 5. The lowest BCUT2D eigenvalue weighted by Gasteiger charge is -2.67. The molecular formula is C30H40N2O12. The van der Waals surface area contributed by atoms with E-state index in [4.69, 9.17) is 29.4 Å². The molecule has 2 saturated carbocycles. The van der Waals surface area contributed by atoms with Crippen LogP contribution in [-0.2, 0) is 47.7 Å². The maximum atomic E-state index is 13.6. The first kappa shape index (κ1) is 32.1. The number of ether oxygens (including phenoxy) is 5. The molecule has 4 fully saturated rings. The molecule has 2 aliphatic heterocycles. The molecule has 2 heterocycles. The summed E-state index contributed by atoms with van der Waals surface area (Å²) in [6.07, 6.45) is -4.99. The molecule has 2 saturated heterocycles. The lowest BCUT2D eigenvalue weighted by molar-refractivity contribution is -0.290. The summed E-state index contributed by atoms with van der Waals surface area (Å²) < 4.78 is 28.4. The van der Waals surface area contributed by atoms with Gasteiger partial charge in [0.25, 0.3) is 5.91 Å². The maximum absolute atomic E-state index is 13.6. The monoisotopic (exact) mass is 620 g/mol. The van der Waals surface area contributed by atoms with Gasteiger partial charge in [0.05, 0.1) is 25.7 Å². The minimum atomic E-state index is -2.25. The van der Waals surface area contributed by atoms with E-state index >= 15 is 0 Å². The minimum Gasteiger partial charge on any atom is -0.480 e. The quantitative estimate of drug-likeness (QED) is 0.147. The minimum absolute atomic E-state index is 0.0102. The Labute approximate surface area is 254 Å². The van der Waals surface area contributed by atoms with Crippen LogP contribution in [0.2, 0.25) is 0 Å². The van der Waals surface area contributed by atoms with Gasteiger partial charge in [0.15, 0.2) is 18.1 Å². The maximum Gasteiger partial charge on any atom is 0.348 e. The lowest BCUT2D eigenvalue weighted by Crippen LogP contribution is -2.79. The zero-order valence-corrected chi connectivity index (χ0v) is 25.4. The number of fused-ring (bicyclic) bond motifs is 2. The van der Waals surface area contributed by atoms with Crippen molar-refractivity contribution >= 4 is 29.6 Å². The number of amides is 1. The Morgan fingerprint density at radius 1 is 1.18 bits per heavy atom. The molecule has 0 radical (unpaired) electrons. The van der Waals surface area contributed by atoms with Crippen LogP contribution in [0.25, 0.3) is 0 Å². The molecule has 5 N–H and O–H groups in total. The summed E-state index contributed by atoms with van der Waals surface area (Å²) in [7, 11) is 1.09. The molecule has 10 atom stereocenters. The number of hydrogen-bond acceptors (Lipinski definition) is 13. The van der Waals surface area contributed by atoms with E-state index in [2.05, 4.69) is 5.32 Å². The average molecular weight is 621 g/mol. The molecule has 5 aliphatic rings. The van der Waals surface area contributed by atoms with Crippen molar-refractivity contribution in [3.63, 3.8) is 0 Å². The largest absolute Gasteiger partial charge is 0.480 e. The van der Waals surface area contributed by atoms with Crippen LogP contribution in [0.15, 0.2) is 23.0 Å². The van der Waals surface area contributed by atoms with Crippen molar-refractivity contribution in [3.8, 4) is 0 Å². The first-order valence-corrected chi connectivity index (χ1v) is 14.7. The van der Waals surface area contributed by atoms with Crippen LogP contribution in [-0.4, -0.2) is 103 Å². The molecule has 44 heavy (non-hydrogen) atoms.